The zero-order valence-corrected chi connectivity index (χ0v) is 22.4. The highest BCUT2D eigenvalue weighted by molar-refractivity contribution is 6.35. The van der Waals surface area contributed by atoms with Crippen LogP contribution in [0.1, 0.15) is 30.5 Å². The highest BCUT2D eigenvalue weighted by atomic mass is 35.5. The molecule has 0 bridgehead atoms. The number of hydrogen-bond acceptors (Lipinski definition) is 3. The molecule has 0 radical (unpaired) electrons. The summed E-state index contributed by atoms with van der Waals surface area (Å²) in [7, 11) is 0. The summed E-state index contributed by atoms with van der Waals surface area (Å²) in [5, 5.41) is 3.93. The molecule has 0 saturated carbocycles. The fraction of sp³-hybridized carbons (Fsp3) is 0.310. The summed E-state index contributed by atoms with van der Waals surface area (Å²) < 4.78 is 5.79. The molecule has 7 heteroatoms. The highest BCUT2D eigenvalue weighted by Gasteiger charge is 2.31. The van der Waals surface area contributed by atoms with Gasteiger partial charge < -0.3 is 15.0 Å². The Balaban J connectivity index is 1.92. The molecular formula is C29H32Cl2N2O3. The van der Waals surface area contributed by atoms with Crippen LogP contribution in [0.2, 0.25) is 10.0 Å². The van der Waals surface area contributed by atoms with Crippen molar-refractivity contribution in [2.45, 2.75) is 39.8 Å². The van der Waals surface area contributed by atoms with Crippen molar-refractivity contribution in [2.75, 3.05) is 13.2 Å². The Kier molecular flexibility index (Phi) is 10.2. The second kappa shape index (κ2) is 13.3. The van der Waals surface area contributed by atoms with Gasteiger partial charge in [0, 0.05) is 29.6 Å². The summed E-state index contributed by atoms with van der Waals surface area (Å²) in [5.41, 5.74) is 2.73. The Morgan fingerprint density at radius 2 is 1.67 bits per heavy atom. The van der Waals surface area contributed by atoms with E-state index in [4.69, 9.17) is 27.9 Å². The van der Waals surface area contributed by atoms with Gasteiger partial charge in [-0.25, -0.2) is 0 Å². The minimum atomic E-state index is -0.757. The lowest BCUT2D eigenvalue weighted by Gasteiger charge is -2.32. The Hall–Kier alpha value is -3.02. The van der Waals surface area contributed by atoms with Crippen molar-refractivity contribution in [3.05, 3.63) is 99.5 Å². The molecule has 5 nitrogen and oxygen atoms in total. The standard InChI is InChI=1S/C29H32Cl2N2O3/c1-20(2)17-32-29(35)27(15-22-7-5-4-6-8-22)33(18-23-11-12-24(30)16-26(23)31)28(34)19-36-25-13-9-21(3)10-14-25/h4-14,16,20,27H,15,17-19H2,1-3H3,(H,32,35)/t27-/m0/s1. The normalized spacial score (nSPS) is 11.7. The summed E-state index contributed by atoms with van der Waals surface area (Å²) in [6.45, 7) is 6.47. The molecule has 0 fully saturated rings. The SMILES string of the molecule is Cc1ccc(OCC(=O)N(Cc2ccc(Cl)cc2Cl)[C@@H](Cc2ccccc2)C(=O)NCC(C)C)cc1. The van der Waals surface area contributed by atoms with Crippen molar-refractivity contribution in [2.24, 2.45) is 5.92 Å². The molecule has 3 aromatic carbocycles. The van der Waals surface area contributed by atoms with Gasteiger partial charge in [0.1, 0.15) is 11.8 Å². The molecule has 0 unspecified atom stereocenters. The van der Waals surface area contributed by atoms with Crippen LogP contribution in [0.5, 0.6) is 5.75 Å². The minimum absolute atomic E-state index is 0.138. The van der Waals surface area contributed by atoms with Gasteiger partial charge in [0.2, 0.25) is 5.91 Å². The number of carbonyl (C=O) groups is 2. The van der Waals surface area contributed by atoms with Crippen molar-refractivity contribution in [3.63, 3.8) is 0 Å². The maximum absolute atomic E-state index is 13.6. The Labute approximate surface area is 223 Å². The van der Waals surface area contributed by atoms with E-state index in [9.17, 15) is 9.59 Å². The van der Waals surface area contributed by atoms with Crippen LogP contribution in [-0.4, -0.2) is 35.9 Å². The largest absolute Gasteiger partial charge is 0.484 e. The molecule has 0 aromatic heterocycles. The number of benzene rings is 3. The molecule has 3 aromatic rings. The number of nitrogens with one attached hydrogen (secondary N) is 1. The average molecular weight is 527 g/mol. The van der Waals surface area contributed by atoms with Crippen LogP contribution in [0.4, 0.5) is 0 Å². The van der Waals surface area contributed by atoms with E-state index >= 15 is 0 Å². The van der Waals surface area contributed by atoms with Crippen LogP contribution in [0.15, 0.2) is 72.8 Å². The van der Waals surface area contributed by atoms with Crippen LogP contribution in [0.25, 0.3) is 0 Å². The van der Waals surface area contributed by atoms with Crippen molar-refractivity contribution < 1.29 is 14.3 Å². The van der Waals surface area contributed by atoms with E-state index in [1.807, 2.05) is 75.4 Å². The number of nitrogens with zero attached hydrogens (tertiary/aromatic N) is 1. The van der Waals surface area contributed by atoms with Gasteiger partial charge >= 0.3 is 0 Å². The van der Waals surface area contributed by atoms with Crippen molar-refractivity contribution in [1.82, 2.24) is 10.2 Å². The van der Waals surface area contributed by atoms with Gasteiger partial charge in [0.25, 0.3) is 5.91 Å². The monoisotopic (exact) mass is 526 g/mol. The van der Waals surface area contributed by atoms with Crippen LogP contribution in [0.3, 0.4) is 0 Å². The van der Waals surface area contributed by atoms with E-state index in [2.05, 4.69) is 5.32 Å². The number of carbonyl (C=O) groups excluding carboxylic acids is 2. The Morgan fingerprint density at radius 3 is 2.31 bits per heavy atom. The maximum atomic E-state index is 13.6. The molecule has 0 aliphatic carbocycles. The predicted octanol–water partition coefficient (Wildman–Crippen LogP) is 6.09. The van der Waals surface area contributed by atoms with E-state index in [-0.39, 0.29) is 30.9 Å². The molecule has 1 atom stereocenters. The first-order chi connectivity index (χ1) is 17.2. The molecule has 0 saturated heterocycles. The van der Waals surface area contributed by atoms with Crippen molar-refractivity contribution in [3.8, 4) is 5.75 Å². The maximum Gasteiger partial charge on any atom is 0.261 e. The molecule has 1 N–H and O–H groups in total. The summed E-state index contributed by atoms with van der Waals surface area (Å²) in [6.07, 6.45) is 0.353. The number of halogens is 2. The fourth-order valence-electron chi connectivity index (χ4n) is 3.67. The van der Waals surface area contributed by atoms with Crippen LogP contribution < -0.4 is 10.1 Å². The summed E-state index contributed by atoms with van der Waals surface area (Å²) in [6, 6.07) is 21.5. The van der Waals surface area contributed by atoms with E-state index in [1.165, 1.54) is 0 Å². The first-order valence-electron chi connectivity index (χ1n) is 12.0. The minimum Gasteiger partial charge on any atom is -0.484 e. The number of aryl methyl sites for hydroxylation is 1. The molecule has 0 aliphatic heterocycles. The molecular weight excluding hydrogens is 495 g/mol. The van der Waals surface area contributed by atoms with Crippen molar-refractivity contribution in [1.29, 1.82) is 0 Å². The van der Waals surface area contributed by atoms with Gasteiger partial charge in [-0.3, -0.25) is 9.59 Å². The molecule has 2 amide bonds. The predicted molar refractivity (Wildman–Crippen MR) is 145 cm³/mol. The fourth-order valence-corrected chi connectivity index (χ4v) is 4.14. The number of hydrogen-bond donors (Lipinski definition) is 1. The Bertz CT molecular complexity index is 1150. The lowest BCUT2D eigenvalue weighted by Crippen LogP contribution is -2.52. The third-order valence-electron chi connectivity index (χ3n) is 5.69. The molecule has 0 heterocycles. The smallest absolute Gasteiger partial charge is 0.261 e. The average Bonchev–Trinajstić information content (AvgIpc) is 2.86. The third kappa shape index (κ3) is 8.28. The van der Waals surface area contributed by atoms with Gasteiger partial charge in [0.05, 0.1) is 0 Å². The van der Waals surface area contributed by atoms with Crippen LogP contribution >= 0.6 is 23.2 Å². The number of ether oxygens (including phenoxy) is 1. The molecule has 0 spiro atoms. The van der Waals surface area contributed by atoms with Crippen LogP contribution in [-0.2, 0) is 22.6 Å². The van der Waals surface area contributed by atoms with E-state index < -0.39 is 6.04 Å². The Morgan fingerprint density at radius 1 is 0.972 bits per heavy atom. The molecule has 0 aliphatic rings. The van der Waals surface area contributed by atoms with Gasteiger partial charge in [-0.05, 0) is 48.2 Å². The molecule has 190 valence electrons. The number of amides is 2. The second-order valence-corrected chi connectivity index (χ2v) is 10.0. The number of rotatable bonds is 11. The van der Waals surface area contributed by atoms with E-state index in [0.29, 0.717) is 34.3 Å². The van der Waals surface area contributed by atoms with Crippen LogP contribution in [0, 0.1) is 12.8 Å². The van der Waals surface area contributed by atoms with E-state index in [0.717, 1.165) is 11.1 Å². The topological polar surface area (TPSA) is 58.6 Å². The van der Waals surface area contributed by atoms with Gasteiger partial charge in [-0.2, -0.15) is 0 Å². The molecule has 36 heavy (non-hydrogen) atoms. The van der Waals surface area contributed by atoms with E-state index in [1.54, 1.807) is 23.1 Å². The second-order valence-electron chi connectivity index (χ2n) is 9.20. The summed E-state index contributed by atoms with van der Waals surface area (Å²) in [5.74, 6) is 0.317. The van der Waals surface area contributed by atoms with Gasteiger partial charge in [0.15, 0.2) is 6.61 Å². The quantitative estimate of drug-likeness (QED) is 0.328. The molecule has 3 rings (SSSR count). The lowest BCUT2D eigenvalue weighted by molar-refractivity contribution is -0.142. The lowest BCUT2D eigenvalue weighted by atomic mass is 10.0. The summed E-state index contributed by atoms with van der Waals surface area (Å²) >= 11 is 12.5. The van der Waals surface area contributed by atoms with Gasteiger partial charge in [-0.15, -0.1) is 0 Å². The zero-order valence-electron chi connectivity index (χ0n) is 20.8. The van der Waals surface area contributed by atoms with Gasteiger partial charge in [-0.1, -0.05) is 91.1 Å². The van der Waals surface area contributed by atoms with Crippen molar-refractivity contribution >= 4 is 35.0 Å². The highest BCUT2D eigenvalue weighted by Crippen LogP contribution is 2.24. The zero-order chi connectivity index (χ0) is 26.1. The summed E-state index contributed by atoms with van der Waals surface area (Å²) in [4.78, 5) is 28.6. The first-order valence-corrected chi connectivity index (χ1v) is 12.7. The third-order valence-corrected chi connectivity index (χ3v) is 6.28. The first kappa shape index (κ1) is 27.6.